The van der Waals surface area contributed by atoms with Crippen LogP contribution in [0.15, 0.2) is 12.1 Å². The molecule has 1 aromatic carbocycles. The summed E-state index contributed by atoms with van der Waals surface area (Å²) in [6.07, 6.45) is 0.942. The van der Waals surface area contributed by atoms with Gasteiger partial charge in [0.05, 0.1) is 11.0 Å². The van der Waals surface area contributed by atoms with Crippen molar-refractivity contribution in [2.75, 3.05) is 0 Å². The Balaban J connectivity index is 2.45. The molecule has 0 N–H and O–H groups in total. The molecule has 0 spiro atoms. The Morgan fingerprint density at radius 3 is 2.20 bits per heavy atom. The van der Waals surface area contributed by atoms with Gasteiger partial charge in [-0.25, -0.2) is 9.97 Å². The highest BCUT2D eigenvalue weighted by Gasteiger charge is 2.17. The molecule has 0 amide bonds. The van der Waals surface area contributed by atoms with E-state index >= 15 is 0 Å². The molecular formula is C16H19N4+. The van der Waals surface area contributed by atoms with Gasteiger partial charge in [-0.05, 0) is 44.0 Å². The Morgan fingerprint density at radius 2 is 1.60 bits per heavy atom. The van der Waals surface area contributed by atoms with E-state index in [1.807, 2.05) is 11.7 Å². The number of benzene rings is 1. The fourth-order valence-electron chi connectivity index (χ4n) is 2.70. The lowest BCUT2D eigenvalue weighted by molar-refractivity contribution is -0.735. The molecule has 0 atom stereocenters. The average molecular weight is 267 g/mol. The number of aryl methyl sites for hydroxylation is 4. The highest BCUT2D eigenvalue weighted by Crippen LogP contribution is 2.21. The van der Waals surface area contributed by atoms with Gasteiger partial charge in [-0.3, -0.25) is 0 Å². The second-order valence-corrected chi connectivity index (χ2v) is 5.37. The summed E-state index contributed by atoms with van der Waals surface area (Å²) in [5.41, 5.74) is 8.35. The lowest BCUT2D eigenvalue weighted by atomic mass is 10.1. The molecule has 4 heteroatoms. The van der Waals surface area contributed by atoms with E-state index in [0.717, 1.165) is 28.6 Å². The van der Waals surface area contributed by atoms with Gasteiger partial charge in [-0.1, -0.05) is 11.6 Å². The van der Waals surface area contributed by atoms with Crippen molar-refractivity contribution in [3.63, 3.8) is 0 Å². The van der Waals surface area contributed by atoms with Crippen LogP contribution in [0.1, 0.15) is 29.3 Å². The summed E-state index contributed by atoms with van der Waals surface area (Å²) in [5, 5.41) is 4.55. The number of aromatic nitrogens is 4. The Kier molecular flexibility index (Phi) is 2.89. The van der Waals surface area contributed by atoms with Crippen LogP contribution in [0.2, 0.25) is 0 Å². The van der Waals surface area contributed by atoms with Crippen LogP contribution in [0.25, 0.3) is 22.2 Å². The van der Waals surface area contributed by atoms with Crippen LogP contribution < -0.4 is 4.68 Å². The molecule has 0 aliphatic carbocycles. The quantitative estimate of drug-likeness (QED) is 0.502. The predicted molar refractivity (Wildman–Crippen MR) is 79.6 cm³/mol. The topological polar surface area (TPSA) is 42.6 Å². The zero-order valence-corrected chi connectivity index (χ0v) is 12.7. The van der Waals surface area contributed by atoms with Gasteiger partial charge in [0.2, 0.25) is 11.3 Å². The Hall–Kier alpha value is -2.10. The third-order valence-corrected chi connectivity index (χ3v) is 4.02. The first kappa shape index (κ1) is 12.9. The molecule has 0 saturated heterocycles. The van der Waals surface area contributed by atoms with E-state index in [1.165, 1.54) is 22.4 Å². The number of hydrogen-bond acceptors (Lipinski definition) is 3. The van der Waals surface area contributed by atoms with Crippen molar-refractivity contribution in [2.45, 2.75) is 34.1 Å². The number of rotatable bonds is 1. The third kappa shape index (κ3) is 1.83. The van der Waals surface area contributed by atoms with Crippen LogP contribution in [0.4, 0.5) is 0 Å². The molecule has 102 valence electrons. The molecule has 0 bridgehead atoms. The van der Waals surface area contributed by atoms with E-state index in [4.69, 9.17) is 4.98 Å². The molecule has 3 aromatic rings. The number of hydrogen-bond donors (Lipinski definition) is 0. The van der Waals surface area contributed by atoms with Crippen molar-refractivity contribution in [1.82, 2.24) is 15.1 Å². The predicted octanol–water partition coefficient (Wildman–Crippen LogP) is 2.49. The second-order valence-electron chi connectivity index (χ2n) is 5.37. The maximum absolute atomic E-state index is 4.79. The van der Waals surface area contributed by atoms with E-state index in [1.54, 1.807) is 0 Å². The summed E-state index contributed by atoms with van der Waals surface area (Å²) in [7, 11) is 1.97. The summed E-state index contributed by atoms with van der Waals surface area (Å²) < 4.78 is 1.92. The van der Waals surface area contributed by atoms with Crippen LogP contribution in [0, 0.1) is 20.8 Å². The van der Waals surface area contributed by atoms with Gasteiger partial charge in [-0.2, -0.15) is 0 Å². The van der Waals surface area contributed by atoms with Crippen LogP contribution in [0.5, 0.6) is 0 Å². The molecule has 0 unspecified atom stereocenters. The highest BCUT2D eigenvalue weighted by atomic mass is 15.3. The van der Waals surface area contributed by atoms with Crippen LogP contribution in [-0.4, -0.2) is 15.1 Å². The van der Waals surface area contributed by atoms with E-state index in [-0.39, 0.29) is 0 Å². The summed E-state index contributed by atoms with van der Waals surface area (Å²) in [6, 6.07) is 4.19. The molecule has 0 aliphatic heterocycles. The number of fused-ring (bicyclic) bond motifs is 2. The van der Waals surface area contributed by atoms with Crippen LogP contribution >= 0.6 is 0 Å². The minimum absolute atomic E-state index is 0.720. The smallest absolute Gasteiger partial charge is 0.242 e. The van der Waals surface area contributed by atoms with E-state index in [2.05, 4.69) is 49.9 Å². The first-order valence-electron chi connectivity index (χ1n) is 6.95. The normalized spacial score (nSPS) is 11.4. The fraction of sp³-hybridized carbons (Fsp3) is 0.375. The molecular weight excluding hydrogens is 248 g/mol. The maximum atomic E-state index is 4.79. The molecule has 20 heavy (non-hydrogen) atoms. The van der Waals surface area contributed by atoms with E-state index < -0.39 is 0 Å². The second kappa shape index (κ2) is 4.47. The molecule has 0 radical (unpaired) electrons. The lowest BCUT2D eigenvalue weighted by Gasteiger charge is -2.06. The Morgan fingerprint density at radius 1 is 1.00 bits per heavy atom. The standard InChI is InChI=1S/C16H19N4/c1-6-14-11(4)15-16(19-20(14)5)18-13-8-10(3)9(2)7-12(13)17-15/h7-8H,6H2,1-5H3/q+1. The van der Waals surface area contributed by atoms with Gasteiger partial charge in [0.1, 0.15) is 5.52 Å². The van der Waals surface area contributed by atoms with Gasteiger partial charge in [0.15, 0.2) is 7.05 Å². The maximum Gasteiger partial charge on any atom is 0.246 e. The van der Waals surface area contributed by atoms with Crippen LogP contribution in [0.3, 0.4) is 0 Å². The van der Waals surface area contributed by atoms with Crippen molar-refractivity contribution in [3.05, 3.63) is 34.5 Å². The van der Waals surface area contributed by atoms with Crippen molar-refractivity contribution in [1.29, 1.82) is 0 Å². The zero-order valence-electron chi connectivity index (χ0n) is 12.7. The lowest BCUT2D eigenvalue weighted by Crippen LogP contribution is -2.39. The molecule has 4 nitrogen and oxygen atoms in total. The van der Waals surface area contributed by atoms with E-state index in [0.29, 0.717) is 0 Å². The molecule has 2 heterocycles. The summed E-state index contributed by atoms with van der Waals surface area (Å²) in [4.78, 5) is 9.47. The minimum Gasteiger partial charge on any atom is -0.242 e. The minimum atomic E-state index is 0.720. The highest BCUT2D eigenvalue weighted by molar-refractivity contribution is 5.86. The van der Waals surface area contributed by atoms with E-state index in [9.17, 15) is 0 Å². The first-order valence-corrected chi connectivity index (χ1v) is 6.95. The van der Waals surface area contributed by atoms with Gasteiger partial charge >= 0.3 is 0 Å². The average Bonchev–Trinajstić information content (AvgIpc) is 2.39. The van der Waals surface area contributed by atoms with Crippen molar-refractivity contribution in [3.8, 4) is 0 Å². The van der Waals surface area contributed by atoms with Crippen molar-refractivity contribution >= 4 is 22.2 Å². The Bertz CT molecular complexity index is 837. The number of nitrogens with zero attached hydrogens (tertiary/aromatic N) is 4. The van der Waals surface area contributed by atoms with Gasteiger partial charge in [0, 0.05) is 17.1 Å². The Labute approximate surface area is 118 Å². The van der Waals surface area contributed by atoms with Gasteiger partial charge < -0.3 is 0 Å². The zero-order chi connectivity index (χ0) is 14.4. The van der Waals surface area contributed by atoms with Gasteiger partial charge in [-0.15, -0.1) is 0 Å². The van der Waals surface area contributed by atoms with Crippen molar-refractivity contribution < 1.29 is 4.68 Å². The summed E-state index contributed by atoms with van der Waals surface area (Å²) in [5.74, 6) is 0. The monoisotopic (exact) mass is 267 g/mol. The largest absolute Gasteiger partial charge is 0.246 e. The molecule has 0 saturated carbocycles. The fourth-order valence-corrected chi connectivity index (χ4v) is 2.70. The molecule has 0 aliphatic rings. The third-order valence-electron chi connectivity index (χ3n) is 4.02. The molecule has 3 rings (SSSR count). The van der Waals surface area contributed by atoms with Gasteiger partial charge in [0.25, 0.3) is 0 Å². The SMILES string of the molecule is CCc1c(C)c2nc3cc(C)c(C)cc3nc2n[n+]1C. The first-order chi connectivity index (χ1) is 9.51. The summed E-state index contributed by atoms with van der Waals surface area (Å²) >= 11 is 0. The molecule has 2 aromatic heterocycles. The summed E-state index contributed by atoms with van der Waals surface area (Å²) in [6.45, 7) is 8.44. The van der Waals surface area contributed by atoms with Crippen LogP contribution in [-0.2, 0) is 13.5 Å². The molecule has 0 fully saturated rings. The van der Waals surface area contributed by atoms with Crippen molar-refractivity contribution in [2.24, 2.45) is 7.05 Å².